The molecule has 5 N–H and O–H groups in total. The Labute approximate surface area is 223 Å². The van der Waals surface area contributed by atoms with Crippen LogP contribution < -0.4 is 21.1 Å². The molecule has 192 valence electrons. The molecule has 1 aliphatic rings. The number of benzene rings is 3. The predicted molar refractivity (Wildman–Crippen MR) is 149 cm³/mol. The molecule has 5 aromatic rings. The van der Waals surface area contributed by atoms with Gasteiger partial charge in [0.05, 0.1) is 29.7 Å². The molecule has 0 bridgehead atoms. The normalized spacial score (nSPS) is 12.1. The maximum absolute atomic E-state index is 11.2. The first-order valence-electron chi connectivity index (χ1n) is 12.1. The van der Waals surface area contributed by atoms with Crippen molar-refractivity contribution in [2.45, 2.75) is 13.2 Å². The van der Waals surface area contributed by atoms with Gasteiger partial charge in [-0.2, -0.15) is 9.97 Å². The molecule has 1 aliphatic heterocycles. The molecule has 3 heterocycles. The molecule has 0 amide bonds. The summed E-state index contributed by atoms with van der Waals surface area (Å²) in [5.41, 5.74) is 18.1. The molecule has 0 fully saturated rings. The van der Waals surface area contributed by atoms with E-state index in [-0.39, 0.29) is 23.9 Å². The number of fused-ring (bicyclic) bond motifs is 3. The third-order valence-electron chi connectivity index (χ3n) is 6.41. The number of hydrogen-bond acceptors (Lipinski definition) is 9. The lowest BCUT2D eigenvalue weighted by atomic mass is 10.1. The van der Waals surface area contributed by atoms with Crippen LogP contribution in [0.5, 0.6) is 5.75 Å². The van der Waals surface area contributed by atoms with Crippen LogP contribution in [0, 0.1) is 0 Å². The van der Waals surface area contributed by atoms with E-state index in [0.717, 1.165) is 28.1 Å². The van der Waals surface area contributed by atoms with Gasteiger partial charge in [0.25, 0.3) is 0 Å². The van der Waals surface area contributed by atoms with Crippen LogP contribution in [0.25, 0.3) is 23.3 Å². The Kier molecular flexibility index (Phi) is 5.96. The van der Waals surface area contributed by atoms with E-state index in [1.165, 1.54) is 0 Å². The van der Waals surface area contributed by atoms with Crippen LogP contribution in [0.15, 0.2) is 72.9 Å². The molecule has 0 unspecified atom stereocenters. The molecule has 0 saturated heterocycles. The lowest BCUT2D eigenvalue weighted by molar-refractivity contribution is 0.0697. The average molecular weight is 518 g/mol. The highest BCUT2D eigenvalue weighted by Crippen LogP contribution is 2.41. The molecule has 6 rings (SSSR count). The van der Waals surface area contributed by atoms with E-state index < -0.39 is 5.97 Å². The van der Waals surface area contributed by atoms with Gasteiger partial charge in [0, 0.05) is 11.3 Å². The number of anilines is 4. The van der Waals surface area contributed by atoms with E-state index in [2.05, 4.69) is 38.1 Å². The second-order valence-electron chi connectivity index (χ2n) is 8.96. The molecule has 0 saturated carbocycles. The van der Waals surface area contributed by atoms with Crippen molar-refractivity contribution < 1.29 is 14.6 Å². The van der Waals surface area contributed by atoms with Crippen molar-refractivity contribution in [3.63, 3.8) is 0 Å². The van der Waals surface area contributed by atoms with E-state index >= 15 is 0 Å². The van der Waals surface area contributed by atoms with Crippen molar-refractivity contribution in [3.05, 3.63) is 101 Å². The summed E-state index contributed by atoms with van der Waals surface area (Å²) in [5, 5.41) is 9.15. The minimum Gasteiger partial charge on any atom is -0.488 e. The largest absolute Gasteiger partial charge is 0.488 e. The summed E-state index contributed by atoms with van der Waals surface area (Å²) in [6.07, 6.45) is 5.76. The highest BCUT2D eigenvalue weighted by Gasteiger charge is 2.22. The third-order valence-corrected chi connectivity index (χ3v) is 6.41. The zero-order chi connectivity index (χ0) is 26.9. The van der Waals surface area contributed by atoms with Crippen molar-refractivity contribution in [2.24, 2.45) is 0 Å². The van der Waals surface area contributed by atoms with E-state index in [1.54, 1.807) is 30.5 Å². The van der Waals surface area contributed by atoms with Gasteiger partial charge in [0.1, 0.15) is 12.4 Å². The molecule has 0 aliphatic carbocycles. The summed E-state index contributed by atoms with van der Waals surface area (Å²) in [6, 6.07) is 20.6. The quantitative estimate of drug-likeness (QED) is 0.289. The number of carbonyl (C=O) groups is 1. The minimum absolute atomic E-state index is 0.0499. The Balaban J connectivity index is 1.36. The number of para-hydroxylation sites is 1. The van der Waals surface area contributed by atoms with Crippen molar-refractivity contribution in [1.82, 2.24) is 19.9 Å². The van der Waals surface area contributed by atoms with Gasteiger partial charge >= 0.3 is 5.97 Å². The number of nitrogens with two attached hydrogens (primary N) is 2. The first-order valence-corrected chi connectivity index (χ1v) is 12.1. The number of ether oxygens (including phenoxy) is 1. The number of rotatable bonds is 6. The average Bonchev–Trinajstić information content (AvgIpc) is 3.10. The van der Waals surface area contributed by atoms with Gasteiger partial charge < -0.3 is 26.2 Å². The van der Waals surface area contributed by atoms with Gasteiger partial charge in [-0.1, -0.05) is 42.5 Å². The SMILES string of the molecule is Nc1nc(N)c2nc(CN3c4ccccc4C=Cc4c(OCc5ccc(C(=O)O)cc5)cccc43)cnc2n1. The number of hydrogen-bond donors (Lipinski definition) is 3. The zero-order valence-corrected chi connectivity index (χ0v) is 20.7. The molecule has 39 heavy (non-hydrogen) atoms. The van der Waals surface area contributed by atoms with Crippen molar-refractivity contribution in [1.29, 1.82) is 0 Å². The molecule has 2 aromatic heterocycles. The van der Waals surface area contributed by atoms with Crippen molar-refractivity contribution in [2.75, 3.05) is 16.4 Å². The summed E-state index contributed by atoms with van der Waals surface area (Å²) in [5.74, 6) is -0.0382. The van der Waals surface area contributed by atoms with Gasteiger partial charge in [0.15, 0.2) is 17.0 Å². The standard InChI is InChI=1S/C29H23N7O3/c30-26-25-27(35-29(31)34-26)32-14-20(33-25)15-36-22-5-2-1-4-18(22)12-13-21-23(36)6-3-7-24(21)39-16-17-8-10-19(11-9-17)28(37)38/h1-14H,15-16H2,(H,37,38)(H4,30,31,32,34,35). The van der Waals surface area contributed by atoms with Crippen LogP contribution in [0.3, 0.4) is 0 Å². The van der Waals surface area contributed by atoms with Crippen molar-refractivity contribution in [3.8, 4) is 5.75 Å². The molecule has 0 atom stereocenters. The van der Waals surface area contributed by atoms with Crippen LogP contribution in [0.1, 0.15) is 32.7 Å². The van der Waals surface area contributed by atoms with Crippen LogP contribution in [0.2, 0.25) is 0 Å². The Bertz CT molecular complexity index is 1750. The zero-order valence-electron chi connectivity index (χ0n) is 20.7. The lowest BCUT2D eigenvalue weighted by Gasteiger charge is -2.27. The highest BCUT2D eigenvalue weighted by molar-refractivity contribution is 5.91. The molecule has 10 heteroatoms. The molecule has 0 radical (unpaired) electrons. The molecule has 10 nitrogen and oxygen atoms in total. The van der Waals surface area contributed by atoms with Crippen LogP contribution in [-0.4, -0.2) is 31.0 Å². The summed E-state index contributed by atoms with van der Waals surface area (Å²) in [4.78, 5) is 30.6. The lowest BCUT2D eigenvalue weighted by Crippen LogP contribution is -2.19. The Morgan fingerprint density at radius 3 is 2.51 bits per heavy atom. The van der Waals surface area contributed by atoms with Crippen LogP contribution in [0.4, 0.5) is 23.1 Å². The monoisotopic (exact) mass is 517 g/mol. The third kappa shape index (κ3) is 4.66. The topological polar surface area (TPSA) is 153 Å². The number of carboxylic acids is 1. The van der Waals surface area contributed by atoms with Crippen LogP contribution >= 0.6 is 0 Å². The summed E-state index contributed by atoms with van der Waals surface area (Å²) >= 11 is 0. The molecular formula is C29H23N7O3. The summed E-state index contributed by atoms with van der Waals surface area (Å²) < 4.78 is 6.23. The number of carboxylic acid groups (broad SMARTS) is 1. The van der Waals surface area contributed by atoms with Gasteiger partial charge in [-0.15, -0.1) is 0 Å². The van der Waals surface area contributed by atoms with Crippen LogP contribution in [-0.2, 0) is 13.2 Å². The first kappa shape index (κ1) is 23.9. The number of aromatic nitrogens is 4. The number of nitrogens with zero attached hydrogens (tertiary/aromatic N) is 5. The summed E-state index contributed by atoms with van der Waals surface area (Å²) in [7, 11) is 0. The molecule has 3 aromatic carbocycles. The fourth-order valence-corrected chi connectivity index (χ4v) is 4.53. The Morgan fingerprint density at radius 2 is 1.69 bits per heavy atom. The molecule has 0 spiro atoms. The van der Waals surface area contributed by atoms with E-state index in [0.29, 0.717) is 29.2 Å². The molecular weight excluding hydrogens is 494 g/mol. The van der Waals surface area contributed by atoms with E-state index in [1.807, 2.05) is 36.4 Å². The number of nitrogen functional groups attached to an aromatic ring is 2. The van der Waals surface area contributed by atoms with E-state index in [9.17, 15) is 4.79 Å². The second kappa shape index (κ2) is 9.75. The smallest absolute Gasteiger partial charge is 0.335 e. The minimum atomic E-state index is -0.962. The predicted octanol–water partition coefficient (Wildman–Crippen LogP) is 4.68. The van der Waals surface area contributed by atoms with Crippen molar-refractivity contribution >= 4 is 52.4 Å². The first-order chi connectivity index (χ1) is 19.0. The van der Waals surface area contributed by atoms with E-state index in [4.69, 9.17) is 26.3 Å². The van der Waals surface area contributed by atoms with Gasteiger partial charge in [0.2, 0.25) is 5.95 Å². The summed E-state index contributed by atoms with van der Waals surface area (Å²) in [6.45, 7) is 0.689. The van der Waals surface area contributed by atoms with Gasteiger partial charge in [-0.3, -0.25) is 0 Å². The van der Waals surface area contributed by atoms with Gasteiger partial charge in [-0.05, 0) is 47.5 Å². The Morgan fingerprint density at radius 1 is 0.897 bits per heavy atom. The highest BCUT2D eigenvalue weighted by atomic mass is 16.5. The van der Waals surface area contributed by atoms with Gasteiger partial charge in [-0.25, -0.2) is 14.8 Å². The second-order valence-corrected chi connectivity index (χ2v) is 8.96. The fourth-order valence-electron chi connectivity index (χ4n) is 4.53. The number of aromatic carboxylic acids is 1. The maximum Gasteiger partial charge on any atom is 0.335 e. The fraction of sp³-hybridized carbons (Fsp3) is 0.0690. The maximum atomic E-state index is 11.2. The Hall–Kier alpha value is -5.51.